The van der Waals surface area contributed by atoms with E-state index in [0.29, 0.717) is 13.1 Å². The minimum atomic E-state index is -0.151. The number of aryl methyl sites for hydroxylation is 2. The Morgan fingerprint density at radius 3 is 2.74 bits per heavy atom. The average molecular weight is 447 g/mol. The van der Waals surface area contributed by atoms with E-state index in [1.165, 1.54) is 23.0 Å². The first-order valence-electron chi connectivity index (χ1n) is 11.2. The van der Waals surface area contributed by atoms with Gasteiger partial charge < -0.3 is 10.6 Å². The maximum absolute atomic E-state index is 13.5. The highest BCUT2D eigenvalue weighted by atomic mass is 32.1. The second-order valence-electron chi connectivity index (χ2n) is 9.23. The van der Waals surface area contributed by atoms with Crippen molar-refractivity contribution in [2.24, 2.45) is 5.41 Å². The highest BCUT2D eigenvalue weighted by molar-refractivity contribution is 7.10. The first-order valence-corrected chi connectivity index (χ1v) is 12.0. The SMILES string of the molecule is CCCNC(=O)NCC1(CCc2ccc(F)s2)CCN(C(C)(C)c2ccc(C)nc2)C1. The number of thiophene rings is 1. The number of nitrogens with zero attached hydrogens (tertiary/aromatic N) is 2. The van der Waals surface area contributed by atoms with Crippen LogP contribution in [0.2, 0.25) is 0 Å². The van der Waals surface area contributed by atoms with Gasteiger partial charge in [0.15, 0.2) is 5.13 Å². The van der Waals surface area contributed by atoms with Gasteiger partial charge in [-0.15, -0.1) is 11.3 Å². The van der Waals surface area contributed by atoms with Crippen LogP contribution in [0.5, 0.6) is 0 Å². The monoisotopic (exact) mass is 446 g/mol. The number of hydrogen-bond donors (Lipinski definition) is 2. The van der Waals surface area contributed by atoms with Gasteiger partial charge in [0.1, 0.15) is 0 Å². The van der Waals surface area contributed by atoms with Crippen molar-refractivity contribution in [3.8, 4) is 0 Å². The quantitative estimate of drug-likeness (QED) is 0.578. The van der Waals surface area contributed by atoms with E-state index in [1.807, 2.05) is 26.1 Å². The third-order valence-electron chi connectivity index (χ3n) is 6.54. The van der Waals surface area contributed by atoms with Gasteiger partial charge in [-0.3, -0.25) is 9.88 Å². The van der Waals surface area contributed by atoms with Gasteiger partial charge in [0.25, 0.3) is 0 Å². The van der Waals surface area contributed by atoms with E-state index in [-0.39, 0.29) is 22.1 Å². The van der Waals surface area contributed by atoms with E-state index in [9.17, 15) is 9.18 Å². The van der Waals surface area contributed by atoms with Crippen LogP contribution in [0.1, 0.15) is 56.2 Å². The number of aromatic nitrogens is 1. The molecule has 2 aromatic heterocycles. The Hall–Kier alpha value is -1.99. The number of carbonyl (C=O) groups is 1. The summed E-state index contributed by atoms with van der Waals surface area (Å²) in [6.45, 7) is 11.7. The fourth-order valence-corrected chi connectivity index (χ4v) is 5.03. The van der Waals surface area contributed by atoms with E-state index < -0.39 is 0 Å². The van der Waals surface area contributed by atoms with Crippen LogP contribution < -0.4 is 10.6 Å². The Morgan fingerprint density at radius 2 is 2.10 bits per heavy atom. The maximum Gasteiger partial charge on any atom is 0.314 e. The molecule has 1 saturated heterocycles. The number of amides is 2. The Morgan fingerprint density at radius 1 is 1.29 bits per heavy atom. The van der Waals surface area contributed by atoms with Crippen molar-refractivity contribution < 1.29 is 9.18 Å². The number of carbonyl (C=O) groups excluding carboxylic acids is 1. The molecule has 3 rings (SSSR count). The van der Waals surface area contributed by atoms with Crippen molar-refractivity contribution in [1.29, 1.82) is 0 Å². The molecule has 2 N–H and O–H groups in total. The lowest BCUT2D eigenvalue weighted by atomic mass is 9.81. The highest BCUT2D eigenvalue weighted by Gasteiger charge is 2.43. The summed E-state index contributed by atoms with van der Waals surface area (Å²) >= 11 is 1.22. The normalized spacial score (nSPS) is 19.5. The Labute approximate surface area is 189 Å². The number of halogens is 1. The Kier molecular flexibility index (Phi) is 7.70. The van der Waals surface area contributed by atoms with Crippen LogP contribution in [-0.2, 0) is 12.0 Å². The van der Waals surface area contributed by atoms with Gasteiger partial charge in [0, 0.05) is 47.4 Å². The van der Waals surface area contributed by atoms with Crippen LogP contribution in [0.15, 0.2) is 30.5 Å². The van der Waals surface area contributed by atoms with Crippen LogP contribution in [0.25, 0.3) is 0 Å². The Balaban J connectivity index is 1.72. The predicted octanol–water partition coefficient (Wildman–Crippen LogP) is 4.86. The smallest absolute Gasteiger partial charge is 0.314 e. The molecule has 1 atom stereocenters. The van der Waals surface area contributed by atoms with Crippen molar-refractivity contribution in [3.05, 3.63) is 51.7 Å². The highest BCUT2D eigenvalue weighted by Crippen LogP contribution is 2.41. The van der Waals surface area contributed by atoms with E-state index in [1.54, 1.807) is 0 Å². The van der Waals surface area contributed by atoms with E-state index in [4.69, 9.17) is 0 Å². The first kappa shape index (κ1) is 23.7. The van der Waals surface area contributed by atoms with Crippen molar-refractivity contribution >= 4 is 17.4 Å². The molecule has 7 heteroatoms. The summed E-state index contributed by atoms with van der Waals surface area (Å²) in [6.07, 6.45) is 5.62. The zero-order chi connectivity index (χ0) is 22.5. The fraction of sp³-hybridized carbons (Fsp3) is 0.583. The molecule has 2 aromatic rings. The standard InChI is InChI=1S/C24H35FN4OS/c1-5-13-26-22(30)28-16-24(11-10-20-8-9-21(25)31-20)12-14-29(17-24)23(3,4)19-7-6-18(2)27-15-19/h6-9,15H,5,10-14,16-17H2,1-4H3,(H2,26,28,30). The second-order valence-corrected chi connectivity index (χ2v) is 10.4. The van der Waals surface area contributed by atoms with Gasteiger partial charge in [-0.1, -0.05) is 13.0 Å². The molecule has 0 saturated carbocycles. The maximum atomic E-state index is 13.5. The zero-order valence-corrected chi connectivity index (χ0v) is 19.9. The lowest BCUT2D eigenvalue weighted by Crippen LogP contribution is -2.46. The van der Waals surface area contributed by atoms with Crippen molar-refractivity contribution in [3.63, 3.8) is 0 Å². The molecule has 0 spiro atoms. The number of rotatable bonds is 9. The van der Waals surface area contributed by atoms with Crippen LogP contribution in [-0.4, -0.2) is 42.1 Å². The average Bonchev–Trinajstić information content (AvgIpc) is 3.37. The fourth-order valence-electron chi connectivity index (χ4n) is 4.30. The number of pyridine rings is 1. The van der Waals surface area contributed by atoms with E-state index >= 15 is 0 Å². The molecular formula is C24H35FN4OS. The molecule has 0 bridgehead atoms. The molecule has 1 fully saturated rings. The van der Waals surface area contributed by atoms with Crippen LogP contribution in [0, 0.1) is 17.5 Å². The molecule has 2 amide bonds. The molecule has 31 heavy (non-hydrogen) atoms. The van der Waals surface area contributed by atoms with Crippen LogP contribution in [0.3, 0.4) is 0 Å². The van der Waals surface area contributed by atoms with Crippen molar-refractivity contribution in [2.45, 2.75) is 58.9 Å². The lowest BCUT2D eigenvalue weighted by molar-refractivity contribution is 0.127. The van der Waals surface area contributed by atoms with E-state index in [0.717, 1.165) is 49.3 Å². The van der Waals surface area contributed by atoms with E-state index in [2.05, 4.69) is 46.5 Å². The van der Waals surface area contributed by atoms with Gasteiger partial charge in [0.05, 0.1) is 0 Å². The zero-order valence-electron chi connectivity index (χ0n) is 19.1. The summed E-state index contributed by atoms with van der Waals surface area (Å²) in [5.74, 6) is 0. The first-order chi connectivity index (χ1) is 14.7. The summed E-state index contributed by atoms with van der Waals surface area (Å²) in [4.78, 5) is 20.3. The molecule has 5 nitrogen and oxygen atoms in total. The molecule has 3 heterocycles. The van der Waals surface area contributed by atoms with Crippen molar-refractivity contribution in [1.82, 2.24) is 20.5 Å². The molecule has 0 aromatic carbocycles. The topological polar surface area (TPSA) is 57.3 Å². The molecule has 1 unspecified atom stereocenters. The van der Waals surface area contributed by atoms with Crippen LogP contribution >= 0.6 is 11.3 Å². The van der Waals surface area contributed by atoms with Gasteiger partial charge in [-0.2, -0.15) is 4.39 Å². The number of urea groups is 1. The number of likely N-dealkylation sites (tertiary alicyclic amines) is 1. The Bertz CT molecular complexity index is 867. The third-order valence-corrected chi connectivity index (χ3v) is 7.47. The largest absolute Gasteiger partial charge is 0.338 e. The molecule has 1 aliphatic heterocycles. The number of hydrogen-bond acceptors (Lipinski definition) is 4. The van der Waals surface area contributed by atoms with Gasteiger partial charge in [0.2, 0.25) is 0 Å². The van der Waals surface area contributed by atoms with Gasteiger partial charge in [-0.25, -0.2) is 4.79 Å². The molecular weight excluding hydrogens is 411 g/mol. The summed E-state index contributed by atoms with van der Waals surface area (Å²) in [5, 5.41) is 5.87. The molecule has 0 radical (unpaired) electrons. The summed E-state index contributed by atoms with van der Waals surface area (Å²) in [6, 6.07) is 7.53. The summed E-state index contributed by atoms with van der Waals surface area (Å²) in [5.41, 5.74) is 2.02. The van der Waals surface area contributed by atoms with Crippen molar-refractivity contribution in [2.75, 3.05) is 26.2 Å². The van der Waals surface area contributed by atoms with Gasteiger partial charge in [-0.05, 0) is 76.8 Å². The van der Waals surface area contributed by atoms with Crippen LogP contribution in [0.4, 0.5) is 9.18 Å². The lowest BCUT2D eigenvalue weighted by Gasteiger charge is -2.38. The summed E-state index contributed by atoms with van der Waals surface area (Å²) < 4.78 is 13.5. The second kappa shape index (κ2) is 10.1. The minimum Gasteiger partial charge on any atom is -0.338 e. The summed E-state index contributed by atoms with van der Waals surface area (Å²) in [7, 11) is 0. The molecule has 1 aliphatic rings. The molecule has 0 aliphatic carbocycles. The molecule has 170 valence electrons. The predicted molar refractivity (Wildman–Crippen MR) is 125 cm³/mol. The minimum absolute atomic E-state index is 0.0422. The third kappa shape index (κ3) is 6.04. The number of nitrogens with one attached hydrogen (secondary N) is 2. The van der Waals surface area contributed by atoms with Gasteiger partial charge >= 0.3 is 6.03 Å².